The highest BCUT2D eigenvalue weighted by Crippen LogP contribution is 2.38. The molecule has 0 heterocycles. The number of allylic oxidation sites excluding steroid dienone is 3. The number of hydrogen-bond donors (Lipinski definition) is 3. The van der Waals surface area contributed by atoms with Crippen LogP contribution in [0.1, 0.15) is 61.8 Å². The summed E-state index contributed by atoms with van der Waals surface area (Å²) in [6, 6.07) is 10.2. The summed E-state index contributed by atoms with van der Waals surface area (Å²) < 4.78 is 104. The largest absolute Gasteiger partial charge is 0.499 e. The topological polar surface area (TPSA) is 74.9 Å². The van der Waals surface area contributed by atoms with Crippen LogP contribution in [-0.4, -0.2) is 24.5 Å². The van der Waals surface area contributed by atoms with Crippen molar-refractivity contribution in [1.29, 1.82) is 0 Å². The van der Waals surface area contributed by atoms with Gasteiger partial charge in [-0.25, -0.2) is 5.84 Å². The van der Waals surface area contributed by atoms with E-state index in [1.54, 1.807) is 11.9 Å². The maximum atomic E-state index is 13.0. The van der Waals surface area contributed by atoms with Crippen molar-refractivity contribution in [2.75, 3.05) is 16.9 Å². The van der Waals surface area contributed by atoms with E-state index in [0.717, 1.165) is 49.6 Å². The van der Waals surface area contributed by atoms with Crippen LogP contribution < -0.4 is 26.3 Å². The number of rotatable bonds is 10. The molecule has 0 aliphatic heterocycles. The van der Waals surface area contributed by atoms with Gasteiger partial charge in [0.15, 0.2) is 0 Å². The van der Waals surface area contributed by atoms with Gasteiger partial charge in [0.2, 0.25) is 0 Å². The van der Waals surface area contributed by atoms with Crippen molar-refractivity contribution in [3.8, 4) is 5.75 Å². The average molecular weight is 640 g/mol. The summed E-state index contributed by atoms with van der Waals surface area (Å²) in [6.45, 7) is 8.28. The van der Waals surface area contributed by atoms with Crippen LogP contribution in [0.25, 0.3) is 0 Å². The van der Waals surface area contributed by atoms with Crippen molar-refractivity contribution in [3.63, 3.8) is 0 Å². The molecule has 2 aromatic rings. The Morgan fingerprint density at radius 2 is 1.68 bits per heavy atom. The first-order valence-electron chi connectivity index (χ1n) is 13.9. The maximum absolute atomic E-state index is 13.0. The van der Waals surface area contributed by atoms with Gasteiger partial charge in [-0.05, 0) is 93.5 Å². The van der Waals surface area contributed by atoms with E-state index in [1.165, 1.54) is 42.0 Å². The fraction of sp³-hybridized carbons (Fsp3) is 0.433. The number of alkyl halides is 8. The number of hydrazone groups is 1. The first-order chi connectivity index (χ1) is 20.6. The van der Waals surface area contributed by atoms with Crippen LogP contribution in [-0.2, 0) is 6.18 Å². The molecule has 0 saturated heterocycles. The molecule has 44 heavy (non-hydrogen) atoms. The number of benzene rings is 2. The lowest BCUT2D eigenvalue weighted by Crippen LogP contribution is -2.41. The Balaban J connectivity index is 0.000000965. The molecule has 4 N–H and O–H groups in total. The Morgan fingerprint density at radius 1 is 1.05 bits per heavy atom. The quantitative estimate of drug-likeness (QED) is 0.105. The third kappa shape index (κ3) is 10.4. The number of nitrogens with zero attached hydrogens (tertiary/aromatic N) is 2. The smallest absolute Gasteiger partial charge is 0.426 e. The normalized spacial score (nSPS) is 16.4. The second kappa shape index (κ2) is 15.8. The van der Waals surface area contributed by atoms with Gasteiger partial charge in [0.05, 0.1) is 22.6 Å². The van der Waals surface area contributed by atoms with Gasteiger partial charge in [-0.15, -0.1) is 0 Å². The highest BCUT2D eigenvalue weighted by atomic mass is 19.4. The van der Waals surface area contributed by atoms with Gasteiger partial charge in [-0.3, -0.25) is 5.01 Å². The highest BCUT2D eigenvalue weighted by molar-refractivity contribution is 6.00. The van der Waals surface area contributed by atoms with Crippen molar-refractivity contribution < 1.29 is 42.7 Å². The molecule has 0 aromatic heterocycles. The van der Waals surface area contributed by atoms with Crippen molar-refractivity contribution in [2.24, 2.45) is 16.9 Å². The molecule has 0 radical (unpaired) electrons. The molecular formula is C30H41F8N5O. The van der Waals surface area contributed by atoms with E-state index in [0.29, 0.717) is 24.0 Å². The van der Waals surface area contributed by atoms with Gasteiger partial charge >= 0.3 is 18.5 Å². The number of nitrogens with two attached hydrogens (primary N) is 1. The summed E-state index contributed by atoms with van der Waals surface area (Å²) in [6.07, 6.45) is -7.83. The summed E-state index contributed by atoms with van der Waals surface area (Å²) in [5.41, 5.74) is 4.24. The van der Waals surface area contributed by atoms with Crippen molar-refractivity contribution >= 4 is 17.1 Å². The minimum Gasteiger partial charge on any atom is -0.426 e. The molecule has 3 rings (SSSR count). The molecule has 1 aliphatic rings. The van der Waals surface area contributed by atoms with Gasteiger partial charge in [-0.2, -0.15) is 40.2 Å². The van der Waals surface area contributed by atoms with E-state index in [9.17, 15) is 35.1 Å². The molecule has 14 heteroatoms. The molecule has 0 amide bonds. The predicted molar refractivity (Wildman–Crippen MR) is 160 cm³/mol. The summed E-state index contributed by atoms with van der Waals surface area (Å²) >= 11 is 0. The molecule has 0 saturated carbocycles. The van der Waals surface area contributed by atoms with E-state index in [-0.39, 0.29) is 8.54 Å². The monoisotopic (exact) mass is 639 g/mol. The van der Waals surface area contributed by atoms with E-state index in [1.807, 2.05) is 13.8 Å². The predicted octanol–water partition coefficient (Wildman–Crippen LogP) is 9.49. The highest BCUT2D eigenvalue weighted by Gasteiger charge is 2.61. The zero-order chi connectivity index (χ0) is 33.1. The Hall–Kier alpha value is -3.81. The zero-order valence-electron chi connectivity index (χ0n) is 24.8. The molecule has 0 bridgehead atoms. The van der Waals surface area contributed by atoms with E-state index in [4.69, 9.17) is 5.84 Å². The Kier molecular flexibility index (Phi) is 13.0. The molecule has 1 unspecified atom stereocenters. The van der Waals surface area contributed by atoms with Crippen LogP contribution in [0, 0.1) is 5.92 Å². The standard InChI is InChI=1S/C20H25F5N2O.C10H12F3N3.2H2/c1-4-18(15-8-6-14(3)7-9-15)26-27(5-2)16-10-12-17(13-11-16)28-20(24,25)19(21,22)23;1-2-9(16-14)15-8-6-4-3-5-7(8)10(11,12)13;;/h8,10-14H,4-7,9H2,1-3H3;2-6,15-16H,14H2,1H3;2*1H/b26-18+;9-2+;;. The third-order valence-corrected chi connectivity index (χ3v) is 6.58. The SMILES string of the molecule is C/C=C(/NN)Nc1ccccc1C(F)(F)F.CC/C(=N\N(CC)c1ccc(OC(F)(F)C(F)(F)F)cc1)C1=CCC(C)CC1.[HH].[HH]. The lowest BCUT2D eigenvalue weighted by Gasteiger charge is -2.23. The average Bonchev–Trinajstić information content (AvgIpc) is 2.97. The van der Waals surface area contributed by atoms with Crippen LogP contribution in [0.15, 0.2) is 77.2 Å². The Morgan fingerprint density at radius 3 is 2.16 bits per heavy atom. The van der Waals surface area contributed by atoms with Crippen molar-refractivity contribution in [3.05, 3.63) is 77.6 Å². The summed E-state index contributed by atoms with van der Waals surface area (Å²) in [7, 11) is 0. The minimum atomic E-state index is -5.77. The van der Waals surface area contributed by atoms with Gasteiger partial charge in [0, 0.05) is 9.40 Å². The summed E-state index contributed by atoms with van der Waals surface area (Å²) in [5.74, 6) is 5.53. The molecule has 1 atom stereocenters. The van der Waals surface area contributed by atoms with Crippen LogP contribution >= 0.6 is 0 Å². The first kappa shape index (κ1) is 36.4. The number of halogens is 8. The number of nitrogens with one attached hydrogen (secondary N) is 2. The Bertz CT molecular complexity index is 1300. The number of para-hydroxylation sites is 1. The van der Waals surface area contributed by atoms with E-state index >= 15 is 0 Å². The molecule has 0 spiro atoms. The van der Waals surface area contributed by atoms with Crippen LogP contribution in [0.3, 0.4) is 0 Å². The molecule has 0 fully saturated rings. The van der Waals surface area contributed by atoms with Gasteiger partial charge < -0.3 is 15.5 Å². The molecule has 2 aromatic carbocycles. The molecule has 1 aliphatic carbocycles. The van der Waals surface area contributed by atoms with E-state index in [2.05, 4.69) is 33.6 Å². The lowest BCUT2D eigenvalue weighted by atomic mass is 9.88. The lowest BCUT2D eigenvalue weighted by molar-refractivity contribution is -0.360. The van der Waals surface area contributed by atoms with Crippen molar-refractivity contribution in [2.45, 2.75) is 71.8 Å². The van der Waals surface area contributed by atoms with E-state index < -0.39 is 29.8 Å². The number of hydrazine groups is 1. The van der Waals surface area contributed by atoms with Crippen LogP contribution in [0.2, 0.25) is 0 Å². The second-order valence-electron chi connectivity index (χ2n) is 9.85. The van der Waals surface area contributed by atoms with Gasteiger partial charge in [-0.1, -0.05) is 32.1 Å². The van der Waals surface area contributed by atoms with Gasteiger partial charge in [0.1, 0.15) is 11.6 Å². The fourth-order valence-electron chi connectivity index (χ4n) is 4.11. The zero-order valence-corrected chi connectivity index (χ0v) is 24.8. The third-order valence-electron chi connectivity index (χ3n) is 6.58. The maximum Gasteiger partial charge on any atom is 0.499 e. The fourth-order valence-corrected chi connectivity index (χ4v) is 4.11. The summed E-state index contributed by atoms with van der Waals surface area (Å²) in [5, 5.41) is 8.94. The number of anilines is 2. The molecule has 248 valence electrons. The first-order valence-corrected chi connectivity index (χ1v) is 13.9. The summed E-state index contributed by atoms with van der Waals surface area (Å²) in [4.78, 5) is 0. The van der Waals surface area contributed by atoms with Gasteiger partial charge in [0.25, 0.3) is 0 Å². The molecular weight excluding hydrogens is 598 g/mol. The van der Waals surface area contributed by atoms with Crippen LogP contribution in [0.5, 0.6) is 5.75 Å². The number of ether oxygens (including phenoxy) is 1. The second-order valence-corrected chi connectivity index (χ2v) is 9.85. The molecule has 6 nitrogen and oxygen atoms in total. The minimum absolute atomic E-state index is 0. The van der Waals surface area contributed by atoms with Crippen molar-refractivity contribution in [1.82, 2.24) is 5.43 Å². The number of hydrogen-bond acceptors (Lipinski definition) is 6. The Labute approximate surface area is 254 Å². The van der Waals surface area contributed by atoms with Crippen LogP contribution in [0.4, 0.5) is 46.5 Å².